The van der Waals surface area contributed by atoms with Gasteiger partial charge in [0.25, 0.3) is 0 Å². The van der Waals surface area contributed by atoms with Crippen LogP contribution in [0.4, 0.5) is 0 Å². The van der Waals surface area contributed by atoms with Crippen LogP contribution in [0.5, 0.6) is 0 Å². The van der Waals surface area contributed by atoms with Crippen LogP contribution in [-0.4, -0.2) is 6.29 Å². The molecule has 0 saturated heterocycles. The van der Waals surface area contributed by atoms with E-state index < -0.39 is 0 Å². The number of aldehydes is 1. The maximum Gasteiger partial charge on any atom is 0.152 e. The van der Waals surface area contributed by atoms with Gasteiger partial charge in [-0.1, -0.05) is 53.0 Å². The molecule has 0 saturated carbocycles. The van der Waals surface area contributed by atoms with Crippen LogP contribution in [0.25, 0.3) is 11.1 Å². The monoisotopic (exact) mass is 264 g/mol. The van der Waals surface area contributed by atoms with Crippen LogP contribution in [0.15, 0.2) is 36.4 Å². The highest BCUT2D eigenvalue weighted by atomic mass is 35.5. The van der Waals surface area contributed by atoms with Crippen molar-refractivity contribution in [3.05, 3.63) is 57.6 Å². The number of carbonyl (C=O) groups is 1. The minimum atomic E-state index is 0.378. The molecule has 0 aromatic heterocycles. The van der Waals surface area contributed by atoms with Gasteiger partial charge in [-0.15, -0.1) is 0 Å². The first-order chi connectivity index (χ1) is 8.11. The van der Waals surface area contributed by atoms with Gasteiger partial charge in [0.2, 0.25) is 0 Å². The lowest BCUT2D eigenvalue weighted by molar-refractivity contribution is 0.112. The van der Waals surface area contributed by atoms with Crippen molar-refractivity contribution in [1.29, 1.82) is 0 Å². The topological polar surface area (TPSA) is 17.1 Å². The molecule has 0 atom stereocenters. The maximum absolute atomic E-state index is 11.1. The first-order valence-electron chi connectivity index (χ1n) is 5.13. The number of halogens is 2. The minimum absolute atomic E-state index is 0.378. The zero-order chi connectivity index (χ0) is 12.4. The zero-order valence-corrected chi connectivity index (χ0v) is 10.7. The van der Waals surface area contributed by atoms with Crippen LogP contribution in [0.1, 0.15) is 15.9 Å². The summed E-state index contributed by atoms with van der Waals surface area (Å²) in [7, 11) is 0. The predicted octanol–water partition coefficient (Wildman–Crippen LogP) is 4.78. The van der Waals surface area contributed by atoms with E-state index >= 15 is 0 Å². The van der Waals surface area contributed by atoms with Gasteiger partial charge in [-0.2, -0.15) is 0 Å². The van der Waals surface area contributed by atoms with Crippen molar-refractivity contribution in [1.82, 2.24) is 0 Å². The molecule has 3 heteroatoms. The number of benzene rings is 2. The van der Waals surface area contributed by atoms with Gasteiger partial charge in [-0.25, -0.2) is 0 Å². The van der Waals surface area contributed by atoms with Crippen LogP contribution in [0.2, 0.25) is 10.0 Å². The van der Waals surface area contributed by atoms with Crippen molar-refractivity contribution in [2.75, 3.05) is 0 Å². The Hall–Kier alpha value is -1.31. The van der Waals surface area contributed by atoms with Crippen LogP contribution < -0.4 is 0 Å². The van der Waals surface area contributed by atoms with E-state index in [2.05, 4.69) is 0 Å². The quantitative estimate of drug-likeness (QED) is 0.714. The standard InChI is InChI=1S/C14H10Cl2O/c1-9-2-4-10(5-3-9)12-6-11(15)7-14(16)13(12)8-17/h2-8H,1H3. The molecule has 0 aliphatic carbocycles. The van der Waals surface area contributed by atoms with Gasteiger partial charge in [-0.3, -0.25) is 4.79 Å². The van der Waals surface area contributed by atoms with E-state index in [-0.39, 0.29) is 0 Å². The molecule has 0 spiro atoms. The molecular weight excluding hydrogens is 255 g/mol. The zero-order valence-electron chi connectivity index (χ0n) is 9.21. The summed E-state index contributed by atoms with van der Waals surface area (Å²) in [6.45, 7) is 2.01. The lowest BCUT2D eigenvalue weighted by Gasteiger charge is -2.08. The molecular formula is C14H10Cl2O. The van der Waals surface area contributed by atoms with Crippen molar-refractivity contribution in [3.8, 4) is 11.1 Å². The molecule has 0 heterocycles. The Morgan fingerprint density at radius 3 is 2.29 bits per heavy atom. The first-order valence-corrected chi connectivity index (χ1v) is 5.88. The molecule has 17 heavy (non-hydrogen) atoms. The summed E-state index contributed by atoms with van der Waals surface area (Å²) < 4.78 is 0. The number of aryl methyl sites for hydroxylation is 1. The van der Waals surface area contributed by atoms with Gasteiger partial charge >= 0.3 is 0 Å². The summed E-state index contributed by atoms with van der Waals surface area (Å²) in [5.74, 6) is 0. The van der Waals surface area contributed by atoms with Gasteiger partial charge in [0.05, 0.1) is 5.02 Å². The smallest absolute Gasteiger partial charge is 0.152 e. The first kappa shape index (κ1) is 12.2. The van der Waals surface area contributed by atoms with Gasteiger partial charge in [-0.05, 0) is 30.2 Å². The van der Waals surface area contributed by atoms with E-state index in [0.717, 1.165) is 23.0 Å². The fourth-order valence-corrected chi connectivity index (χ4v) is 2.21. The summed E-state index contributed by atoms with van der Waals surface area (Å²) in [5, 5.41) is 0.902. The molecule has 2 rings (SSSR count). The molecule has 2 aromatic rings. The van der Waals surface area contributed by atoms with E-state index in [1.54, 1.807) is 12.1 Å². The Bertz CT molecular complexity index is 559. The Labute approximate surface area is 110 Å². The van der Waals surface area contributed by atoms with Crippen molar-refractivity contribution < 1.29 is 4.79 Å². The third-order valence-corrected chi connectivity index (χ3v) is 3.11. The minimum Gasteiger partial charge on any atom is -0.298 e. The van der Waals surface area contributed by atoms with Crippen molar-refractivity contribution >= 4 is 29.5 Å². The summed E-state index contributed by atoms with van der Waals surface area (Å²) in [6.07, 6.45) is 0.758. The molecule has 1 nitrogen and oxygen atoms in total. The Morgan fingerprint density at radius 2 is 1.71 bits per heavy atom. The van der Waals surface area contributed by atoms with Crippen molar-refractivity contribution in [3.63, 3.8) is 0 Å². The molecule has 2 aromatic carbocycles. The average Bonchev–Trinajstić information content (AvgIpc) is 2.29. The van der Waals surface area contributed by atoms with Crippen LogP contribution >= 0.6 is 23.2 Å². The molecule has 0 N–H and O–H groups in total. The van der Waals surface area contributed by atoms with E-state index in [9.17, 15) is 4.79 Å². The lowest BCUT2D eigenvalue weighted by Crippen LogP contribution is -1.89. The number of rotatable bonds is 2. The summed E-state index contributed by atoms with van der Waals surface area (Å²) in [5.41, 5.74) is 3.33. The normalized spacial score (nSPS) is 10.3. The maximum atomic E-state index is 11.1. The Morgan fingerprint density at radius 1 is 1.06 bits per heavy atom. The summed E-state index contributed by atoms with van der Waals surface area (Å²) >= 11 is 12.0. The van der Waals surface area contributed by atoms with Gasteiger partial charge in [0, 0.05) is 10.6 Å². The highest BCUT2D eigenvalue weighted by molar-refractivity contribution is 6.37. The number of carbonyl (C=O) groups excluding carboxylic acids is 1. The molecule has 0 bridgehead atoms. The highest BCUT2D eigenvalue weighted by Gasteiger charge is 2.10. The molecule has 0 amide bonds. The summed E-state index contributed by atoms with van der Waals surface area (Å²) in [6, 6.07) is 11.2. The molecule has 0 radical (unpaired) electrons. The second-order valence-corrected chi connectivity index (χ2v) is 4.68. The largest absolute Gasteiger partial charge is 0.298 e. The second-order valence-electron chi connectivity index (χ2n) is 3.83. The number of hydrogen-bond donors (Lipinski definition) is 0. The van der Waals surface area contributed by atoms with Gasteiger partial charge < -0.3 is 0 Å². The lowest BCUT2D eigenvalue weighted by atomic mass is 9.99. The van der Waals surface area contributed by atoms with Crippen LogP contribution in [-0.2, 0) is 0 Å². The van der Waals surface area contributed by atoms with Crippen molar-refractivity contribution in [2.45, 2.75) is 6.92 Å². The molecule has 0 aliphatic rings. The van der Waals surface area contributed by atoms with Crippen LogP contribution in [0, 0.1) is 6.92 Å². The third-order valence-electron chi connectivity index (χ3n) is 2.57. The molecule has 86 valence electrons. The Balaban J connectivity index is 2.65. The third kappa shape index (κ3) is 2.51. The SMILES string of the molecule is Cc1ccc(-c2cc(Cl)cc(Cl)c2C=O)cc1. The van der Waals surface area contributed by atoms with E-state index in [1.165, 1.54) is 0 Å². The molecule has 0 fully saturated rings. The van der Waals surface area contributed by atoms with Crippen LogP contribution in [0.3, 0.4) is 0 Å². The fourth-order valence-electron chi connectivity index (χ4n) is 1.68. The predicted molar refractivity (Wildman–Crippen MR) is 72.0 cm³/mol. The van der Waals surface area contributed by atoms with E-state index in [4.69, 9.17) is 23.2 Å². The van der Waals surface area contributed by atoms with Gasteiger partial charge in [0.15, 0.2) is 6.29 Å². The summed E-state index contributed by atoms with van der Waals surface area (Å²) in [4.78, 5) is 11.1. The second kappa shape index (κ2) is 4.91. The highest BCUT2D eigenvalue weighted by Crippen LogP contribution is 2.31. The fraction of sp³-hybridized carbons (Fsp3) is 0.0714. The molecule has 0 unspecified atom stereocenters. The van der Waals surface area contributed by atoms with Crippen molar-refractivity contribution in [2.24, 2.45) is 0 Å². The Kier molecular flexibility index (Phi) is 3.51. The molecule has 0 aliphatic heterocycles. The van der Waals surface area contributed by atoms with E-state index in [1.807, 2.05) is 31.2 Å². The van der Waals surface area contributed by atoms with Gasteiger partial charge in [0.1, 0.15) is 0 Å². The van der Waals surface area contributed by atoms with E-state index in [0.29, 0.717) is 15.6 Å². The average molecular weight is 265 g/mol. The number of hydrogen-bond acceptors (Lipinski definition) is 1.